The molecule has 0 amide bonds. The molecule has 3 heterocycles. The molecule has 0 saturated heterocycles. The smallest absolute Gasteiger partial charge is 0.329 e. The fourth-order valence-electron chi connectivity index (χ4n) is 3.90. The topological polar surface area (TPSA) is 103 Å². The van der Waals surface area contributed by atoms with Gasteiger partial charge < -0.3 is 10.6 Å². The van der Waals surface area contributed by atoms with E-state index in [1.807, 2.05) is 24.3 Å². The van der Waals surface area contributed by atoms with Crippen molar-refractivity contribution in [2.75, 3.05) is 10.6 Å². The van der Waals surface area contributed by atoms with E-state index in [0.717, 1.165) is 11.0 Å². The van der Waals surface area contributed by atoms with E-state index in [2.05, 4.69) is 31.0 Å². The van der Waals surface area contributed by atoms with E-state index in [1.54, 1.807) is 33.4 Å². The molecule has 0 spiro atoms. The van der Waals surface area contributed by atoms with Crippen molar-refractivity contribution in [1.82, 2.24) is 29.5 Å². The Hall–Kier alpha value is -4.49. The van der Waals surface area contributed by atoms with Gasteiger partial charge in [-0.3, -0.25) is 9.13 Å². The van der Waals surface area contributed by atoms with E-state index in [9.17, 15) is 13.6 Å². The minimum absolute atomic E-state index is 0.210. The largest absolute Gasteiger partial charge is 0.330 e. The average Bonchev–Trinajstić information content (AvgIpc) is 3.63. The van der Waals surface area contributed by atoms with Crippen LogP contribution in [-0.2, 0) is 13.1 Å². The number of nitrogens with zero attached hydrogens (tertiary/aromatic N) is 6. The lowest BCUT2D eigenvalue weighted by Gasteiger charge is -2.01. The second kappa shape index (κ2) is 10.1. The highest BCUT2D eigenvalue weighted by molar-refractivity contribution is 7.15. The van der Waals surface area contributed by atoms with Crippen LogP contribution in [0.4, 0.5) is 30.4 Å². The van der Waals surface area contributed by atoms with Crippen LogP contribution in [0.5, 0.6) is 0 Å². The van der Waals surface area contributed by atoms with E-state index >= 15 is 0 Å². The second-order valence-corrected chi connectivity index (χ2v) is 10.3. The zero-order chi connectivity index (χ0) is 26.1. The van der Waals surface area contributed by atoms with Gasteiger partial charge in [0.05, 0.1) is 24.1 Å². The molecule has 6 rings (SSSR count). The van der Waals surface area contributed by atoms with Crippen LogP contribution in [0.3, 0.4) is 0 Å². The van der Waals surface area contributed by atoms with Crippen molar-refractivity contribution >= 4 is 55.3 Å². The molecule has 0 radical (unpaired) electrons. The Labute approximate surface area is 222 Å². The normalized spacial score (nSPS) is 11.2. The molecule has 0 atom stereocenters. The minimum atomic E-state index is -0.321. The number of anilines is 4. The molecule has 0 bridgehead atoms. The van der Waals surface area contributed by atoms with E-state index in [1.165, 1.54) is 46.9 Å². The van der Waals surface area contributed by atoms with Gasteiger partial charge in [0.2, 0.25) is 10.3 Å². The summed E-state index contributed by atoms with van der Waals surface area (Å²) in [5, 5.41) is 25.3. The fraction of sp³-hybridized carbons (Fsp3) is 0.0800. The Balaban J connectivity index is 1.23. The van der Waals surface area contributed by atoms with Crippen LogP contribution < -0.4 is 16.3 Å². The summed E-state index contributed by atoms with van der Waals surface area (Å²) in [7, 11) is 0. The summed E-state index contributed by atoms with van der Waals surface area (Å²) in [5.74, 6) is -0.642. The van der Waals surface area contributed by atoms with Crippen LogP contribution in [-0.4, -0.2) is 29.5 Å². The number of benzene rings is 3. The molecule has 0 aliphatic carbocycles. The highest BCUT2D eigenvalue weighted by atomic mass is 32.1. The molecule has 2 N–H and O–H groups in total. The summed E-state index contributed by atoms with van der Waals surface area (Å²) in [6.45, 7) is 0.477. The molecule has 190 valence electrons. The van der Waals surface area contributed by atoms with Gasteiger partial charge in [0.1, 0.15) is 21.6 Å². The van der Waals surface area contributed by atoms with Gasteiger partial charge in [-0.25, -0.2) is 13.6 Å². The Morgan fingerprint density at radius 3 is 1.47 bits per heavy atom. The van der Waals surface area contributed by atoms with Crippen LogP contribution in [0.2, 0.25) is 0 Å². The van der Waals surface area contributed by atoms with Crippen molar-refractivity contribution in [2.45, 2.75) is 13.1 Å². The Morgan fingerprint density at radius 2 is 1.05 bits per heavy atom. The molecule has 3 aromatic heterocycles. The minimum Gasteiger partial charge on any atom is -0.330 e. The van der Waals surface area contributed by atoms with Crippen molar-refractivity contribution in [3.63, 3.8) is 0 Å². The van der Waals surface area contributed by atoms with E-state index < -0.39 is 0 Å². The number of rotatable bonds is 8. The zero-order valence-corrected chi connectivity index (χ0v) is 21.1. The number of hydrogen-bond acceptors (Lipinski definition) is 9. The summed E-state index contributed by atoms with van der Waals surface area (Å²) in [6, 6.07) is 19.4. The van der Waals surface area contributed by atoms with Crippen LogP contribution in [0.25, 0.3) is 11.0 Å². The molecule has 0 unspecified atom stereocenters. The Kier molecular flexibility index (Phi) is 6.35. The lowest BCUT2D eigenvalue weighted by molar-refractivity contribution is 0.627. The lowest BCUT2D eigenvalue weighted by Crippen LogP contribution is -2.25. The third kappa shape index (κ3) is 5.01. The molecule has 0 saturated carbocycles. The highest BCUT2D eigenvalue weighted by Crippen LogP contribution is 2.25. The first-order chi connectivity index (χ1) is 18.5. The Bertz CT molecular complexity index is 1650. The van der Waals surface area contributed by atoms with Crippen molar-refractivity contribution in [3.8, 4) is 0 Å². The van der Waals surface area contributed by atoms with Crippen LogP contribution in [0.1, 0.15) is 10.0 Å². The first-order valence-corrected chi connectivity index (χ1v) is 13.0. The predicted molar refractivity (Wildman–Crippen MR) is 144 cm³/mol. The van der Waals surface area contributed by atoms with Crippen molar-refractivity contribution in [1.29, 1.82) is 0 Å². The summed E-state index contributed by atoms with van der Waals surface area (Å²) >= 11 is 2.63. The maximum Gasteiger partial charge on any atom is 0.329 e. The molecule has 9 nitrogen and oxygen atoms in total. The van der Waals surface area contributed by atoms with Gasteiger partial charge in [-0.1, -0.05) is 34.8 Å². The number of fused-ring (bicyclic) bond motifs is 1. The first kappa shape index (κ1) is 23.9. The van der Waals surface area contributed by atoms with E-state index in [-0.39, 0.29) is 30.4 Å². The van der Waals surface area contributed by atoms with Crippen molar-refractivity contribution in [2.24, 2.45) is 0 Å². The maximum atomic E-state index is 13.5. The predicted octanol–water partition coefficient (Wildman–Crippen LogP) is 5.37. The quantitative estimate of drug-likeness (QED) is 0.264. The van der Waals surface area contributed by atoms with Crippen molar-refractivity contribution < 1.29 is 8.78 Å². The van der Waals surface area contributed by atoms with Gasteiger partial charge in [-0.2, -0.15) is 0 Å². The summed E-state index contributed by atoms with van der Waals surface area (Å²) in [5.41, 5.74) is 2.68. The average molecular weight is 549 g/mol. The summed E-state index contributed by atoms with van der Waals surface area (Å²) in [6.07, 6.45) is 0. The zero-order valence-electron chi connectivity index (χ0n) is 19.5. The fourth-order valence-corrected chi connectivity index (χ4v) is 5.40. The molecule has 6 aromatic rings. The SMILES string of the molecule is O=c1n(Cc2nnc(Nc3ccc(F)cc3)s2)c2ccccc2n1Cc1nnc(Nc2ccc(F)cc2)s1. The summed E-state index contributed by atoms with van der Waals surface area (Å²) < 4.78 is 29.6. The van der Waals surface area contributed by atoms with Crippen LogP contribution in [0, 0.1) is 11.6 Å². The van der Waals surface area contributed by atoms with Crippen molar-refractivity contribution in [3.05, 3.63) is 105 Å². The molecule has 38 heavy (non-hydrogen) atoms. The Morgan fingerprint density at radius 1 is 0.632 bits per heavy atom. The number of nitrogens with one attached hydrogen (secondary N) is 2. The van der Waals surface area contributed by atoms with Crippen LogP contribution >= 0.6 is 22.7 Å². The third-order valence-electron chi connectivity index (χ3n) is 5.64. The molecule has 0 fully saturated rings. The molecule has 0 aliphatic rings. The molecule has 13 heteroatoms. The molecule has 3 aromatic carbocycles. The maximum absolute atomic E-state index is 13.5. The van der Waals surface area contributed by atoms with Gasteiger partial charge >= 0.3 is 5.69 Å². The number of hydrogen-bond donors (Lipinski definition) is 2. The van der Waals surface area contributed by atoms with Gasteiger partial charge in [0, 0.05) is 11.4 Å². The second-order valence-electron chi connectivity index (χ2n) is 8.21. The van der Waals surface area contributed by atoms with Crippen LogP contribution in [0.15, 0.2) is 77.6 Å². The van der Waals surface area contributed by atoms with Gasteiger partial charge in [0.15, 0.2) is 0 Å². The number of halogens is 2. The van der Waals surface area contributed by atoms with Gasteiger partial charge in [-0.15, -0.1) is 20.4 Å². The number of para-hydroxylation sites is 2. The first-order valence-electron chi connectivity index (χ1n) is 11.4. The molecule has 0 aliphatic heterocycles. The highest BCUT2D eigenvalue weighted by Gasteiger charge is 2.17. The number of imidazole rings is 1. The van der Waals surface area contributed by atoms with E-state index in [0.29, 0.717) is 31.7 Å². The van der Waals surface area contributed by atoms with Gasteiger partial charge in [-0.05, 0) is 60.7 Å². The monoisotopic (exact) mass is 548 g/mol. The van der Waals surface area contributed by atoms with Gasteiger partial charge in [0.25, 0.3) is 0 Å². The van der Waals surface area contributed by atoms with E-state index in [4.69, 9.17) is 0 Å². The standard InChI is InChI=1S/C25H18F2N8OS2/c26-15-5-9-17(10-6-15)28-23-32-30-21(37-23)13-34-19-3-1-2-4-20(19)35(25(34)36)14-22-31-33-24(38-22)29-18-11-7-16(27)8-12-18/h1-12H,13-14H2,(H,28,32)(H,29,33). The lowest BCUT2D eigenvalue weighted by atomic mass is 10.3. The third-order valence-corrected chi connectivity index (χ3v) is 7.28. The summed E-state index contributed by atoms with van der Waals surface area (Å²) in [4.78, 5) is 13.5. The number of aromatic nitrogens is 6. The molecular formula is C25H18F2N8OS2. The molecular weight excluding hydrogens is 530 g/mol.